The van der Waals surface area contributed by atoms with Gasteiger partial charge in [-0.15, -0.1) is 0 Å². The molecule has 1 fully saturated rings. The van der Waals surface area contributed by atoms with Crippen molar-refractivity contribution in [2.75, 3.05) is 6.61 Å². The minimum Gasteiger partial charge on any atom is -0.458 e. The standard InChI is InChI=1S/C14H24O3Si/c1-14(2,3)18(4,5)16-9-11-10-6-7-12(11)17-13(15)8-10/h6-7,10-12H,8-9H2,1-5H3/t10-,11+,12-/m1/s1. The van der Waals surface area contributed by atoms with E-state index in [0.29, 0.717) is 24.9 Å². The molecule has 0 aromatic carbocycles. The monoisotopic (exact) mass is 268 g/mol. The zero-order chi connectivity index (χ0) is 13.6. The van der Waals surface area contributed by atoms with Crippen LogP contribution in [0.4, 0.5) is 0 Å². The Labute approximate surface area is 111 Å². The lowest BCUT2D eigenvalue weighted by atomic mass is 9.90. The van der Waals surface area contributed by atoms with Crippen LogP contribution in [0.15, 0.2) is 12.2 Å². The summed E-state index contributed by atoms with van der Waals surface area (Å²) in [6.07, 6.45) is 4.60. The van der Waals surface area contributed by atoms with E-state index >= 15 is 0 Å². The second-order valence-electron chi connectivity index (χ2n) is 6.94. The SMILES string of the molecule is CC(C)(C)[Si](C)(C)OC[C@H]1[C@@H]2C=C[C@H]1OC(=O)C2. The molecule has 102 valence electrons. The van der Waals surface area contributed by atoms with Gasteiger partial charge in [-0.3, -0.25) is 4.79 Å². The maximum Gasteiger partial charge on any atom is 0.306 e. The van der Waals surface area contributed by atoms with Crippen molar-refractivity contribution in [3.8, 4) is 0 Å². The fourth-order valence-electron chi connectivity index (χ4n) is 2.26. The van der Waals surface area contributed by atoms with Gasteiger partial charge in [0.15, 0.2) is 8.32 Å². The Hall–Kier alpha value is -0.613. The van der Waals surface area contributed by atoms with Crippen molar-refractivity contribution in [2.45, 2.75) is 51.4 Å². The zero-order valence-corrected chi connectivity index (χ0v) is 13.0. The Morgan fingerprint density at radius 2 is 2.06 bits per heavy atom. The summed E-state index contributed by atoms with van der Waals surface area (Å²) in [6.45, 7) is 12.0. The molecule has 0 amide bonds. The van der Waals surface area contributed by atoms with Crippen molar-refractivity contribution < 1.29 is 14.0 Å². The lowest BCUT2D eigenvalue weighted by molar-refractivity contribution is -0.156. The highest BCUT2D eigenvalue weighted by Gasteiger charge is 2.43. The molecule has 1 aliphatic heterocycles. The summed E-state index contributed by atoms with van der Waals surface area (Å²) in [5.74, 6) is 0.580. The number of rotatable bonds is 3. The molecule has 0 unspecified atom stereocenters. The van der Waals surface area contributed by atoms with Crippen LogP contribution < -0.4 is 0 Å². The van der Waals surface area contributed by atoms with Crippen molar-refractivity contribution in [1.82, 2.24) is 0 Å². The molecule has 2 aliphatic rings. The number of hydrogen-bond acceptors (Lipinski definition) is 3. The molecular weight excluding hydrogens is 244 g/mol. The van der Waals surface area contributed by atoms with Crippen molar-refractivity contribution in [2.24, 2.45) is 11.8 Å². The molecule has 18 heavy (non-hydrogen) atoms. The number of carbonyl (C=O) groups is 1. The van der Waals surface area contributed by atoms with Crippen LogP contribution in [0, 0.1) is 11.8 Å². The molecule has 0 saturated carbocycles. The molecule has 3 atom stereocenters. The van der Waals surface area contributed by atoms with Gasteiger partial charge in [-0.1, -0.05) is 26.8 Å². The van der Waals surface area contributed by atoms with E-state index in [1.54, 1.807) is 0 Å². The maximum atomic E-state index is 11.3. The van der Waals surface area contributed by atoms with E-state index in [-0.39, 0.29) is 17.1 Å². The van der Waals surface area contributed by atoms with E-state index in [9.17, 15) is 4.79 Å². The van der Waals surface area contributed by atoms with E-state index in [2.05, 4.69) is 39.9 Å². The van der Waals surface area contributed by atoms with Crippen molar-refractivity contribution in [1.29, 1.82) is 0 Å². The quantitative estimate of drug-likeness (QED) is 0.448. The van der Waals surface area contributed by atoms with Crippen LogP contribution >= 0.6 is 0 Å². The van der Waals surface area contributed by atoms with Gasteiger partial charge < -0.3 is 9.16 Å². The fraction of sp³-hybridized carbons (Fsp3) is 0.786. The van der Waals surface area contributed by atoms with E-state index in [0.717, 1.165) is 0 Å². The molecule has 1 aliphatic carbocycles. The number of carbonyl (C=O) groups excluding carboxylic acids is 1. The highest BCUT2D eigenvalue weighted by atomic mass is 28.4. The summed E-state index contributed by atoms with van der Waals surface area (Å²) in [5.41, 5.74) is 0. The Balaban J connectivity index is 1.95. The molecule has 4 heteroatoms. The van der Waals surface area contributed by atoms with Gasteiger partial charge in [0.25, 0.3) is 0 Å². The van der Waals surface area contributed by atoms with Crippen LogP contribution in [0.5, 0.6) is 0 Å². The summed E-state index contributed by atoms with van der Waals surface area (Å²) >= 11 is 0. The predicted octanol–water partition coefficient (Wildman–Crippen LogP) is 3.13. The lowest BCUT2D eigenvalue weighted by Crippen LogP contribution is -2.44. The summed E-state index contributed by atoms with van der Waals surface area (Å²) in [4.78, 5) is 11.3. The molecule has 0 aromatic heterocycles. The van der Waals surface area contributed by atoms with Gasteiger partial charge in [0.05, 0.1) is 6.42 Å². The third-order valence-electron chi connectivity index (χ3n) is 4.63. The van der Waals surface area contributed by atoms with Gasteiger partial charge in [0.2, 0.25) is 0 Å². The van der Waals surface area contributed by atoms with Gasteiger partial charge in [-0.05, 0) is 30.1 Å². The number of hydrogen-bond donors (Lipinski definition) is 0. The Bertz CT molecular complexity index is 350. The van der Waals surface area contributed by atoms with Crippen LogP contribution in [0.3, 0.4) is 0 Å². The van der Waals surface area contributed by atoms with E-state index in [4.69, 9.17) is 9.16 Å². The normalized spacial score (nSPS) is 31.6. The van der Waals surface area contributed by atoms with Crippen LogP contribution in [0.2, 0.25) is 18.1 Å². The van der Waals surface area contributed by atoms with Gasteiger partial charge in [-0.2, -0.15) is 0 Å². The number of fused-ring (bicyclic) bond motifs is 2. The summed E-state index contributed by atoms with van der Waals surface area (Å²) in [5, 5.41) is 0.227. The molecule has 1 saturated heterocycles. The Kier molecular flexibility index (Phi) is 3.45. The summed E-state index contributed by atoms with van der Waals surface area (Å²) < 4.78 is 11.6. The minimum atomic E-state index is -1.71. The molecular formula is C14H24O3Si. The van der Waals surface area contributed by atoms with E-state index < -0.39 is 8.32 Å². The molecule has 0 radical (unpaired) electrons. The number of ether oxygens (including phenoxy) is 1. The smallest absolute Gasteiger partial charge is 0.306 e. The van der Waals surface area contributed by atoms with E-state index in [1.165, 1.54) is 0 Å². The van der Waals surface area contributed by atoms with Crippen LogP contribution in [-0.4, -0.2) is 27.0 Å². The highest BCUT2D eigenvalue weighted by Crippen LogP contribution is 2.40. The second-order valence-corrected chi connectivity index (χ2v) is 11.8. The van der Waals surface area contributed by atoms with Gasteiger partial charge in [0, 0.05) is 12.5 Å². The molecule has 0 spiro atoms. The van der Waals surface area contributed by atoms with Crippen molar-refractivity contribution >= 4 is 14.3 Å². The fourth-order valence-corrected chi connectivity index (χ4v) is 3.30. The Morgan fingerprint density at radius 1 is 1.39 bits per heavy atom. The minimum absolute atomic E-state index is 0.0546. The molecule has 3 nitrogen and oxygen atoms in total. The van der Waals surface area contributed by atoms with Crippen LogP contribution in [-0.2, 0) is 14.0 Å². The molecule has 0 aromatic rings. The first-order valence-electron chi connectivity index (χ1n) is 6.72. The average Bonchev–Trinajstić information content (AvgIpc) is 2.45. The van der Waals surface area contributed by atoms with Crippen molar-refractivity contribution in [3.05, 3.63) is 12.2 Å². The topological polar surface area (TPSA) is 35.5 Å². The largest absolute Gasteiger partial charge is 0.458 e. The number of esters is 1. The van der Waals surface area contributed by atoms with Gasteiger partial charge in [-0.25, -0.2) is 0 Å². The first kappa shape index (κ1) is 13.8. The maximum absolute atomic E-state index is 11.3. The van der Waals surface area contributed by atoms with Crippen molar-refractivity contribution in [3.63, 3.8) is 0 Å². The average molecular weight is 268 g/mol. The highest BCUT2D eigenvalue weighted by molar-refractivity contribution is 6.74. The lowest BCUT2D eigenvalue weighted by Gasteiger charge is -2.39. The third-order valence-corrected chi connectivity index (χ3v) is 9.13. The Morgan fingerprint density at radius 3 is 2.61 bits per heavy atom. The predicted molar refractivity (Wildman–Crippen MR) is 73.8 cm³/mol. The molecule has 2 bridgehead atoms. The molecule has 1 heterocycles. The van der Waals surface area contributed by atoms with Crippen LogP contribution in [0.1, 0.15) is 27.2 Å². The van der Waals surface area contributed by atoms with Crippen LogP contribution in [0.25, 0.3) is 0 Å². The first-order valence-corrected chi connectivity index (χ1v) is 9.63. The second kappa shape index (κ2) is 4.49. The van der Waals surface area contributed by atoms with Gasteiger partial charge >= 0.3 is 5.97 Å². The molecule has 0 N–H and O–H groups in total. The summed E-state index contributed by atoms with van der Waals surface area (Å²) in [6, 6.07) is 0. The third kappa shape index (κ3) is 2.54. The molecule has 2 rings (SSSR count). The number of allylic oxidation sites excluding steroid dienone is 1. The summed E-state index contributed by atoms with van der Waals surface area (Å²) in [7, 11) is -1.71. The van der Waals surface area contributed by atoms with Gasteiger partial charge in [0.1, 0.15) is 6.10 Å². The van der Waals surface area contributed by atoms with E-state index in [1.807, 2.05) is 6.08 Å². The zero-order valence-electron chi connectivity index (χ0n) is 12.0. The first-order chi connectivity index (χ1) is 8.21.